The first-order chi connectivity index (χ1) is 6.64. The van der Waals surface area contributed by atoms with Gasteiger partial charge in [-0.1, -0.05) is 0 Å². The minimum atomic E-state index is -0.779. The van der Waals surface area contributed by atoms with Gasteiger partial charge in [0.25, 0.3) is 0 Å². The molecule has 2 rings (SSSR count). The molecular formula is C9H12N2O3. The summed E-state index contributed by atoms with van der Waals surface area (Å²) < 4.78 is 5.01. The Morgan fingerprint density at radius 2 is 2.50 bits per heavy atom. The second-order valence-electron chi connectivity index (χ2n) is 3.60. The third-order valence-corrected chi connectivity index (χ3v) is 2.60. The predicted octanol–water partition coefficient (Wildman–Crippen LogP) is 0.690. The first kappa shape index (κ1) is 9.21. The van der Waals surface area contributed by atoms with Crippen molar-refractivity contribution in [1.29, 1.82) is 0 Å². The van der Waals surface area contributed by atoms with Crippen molar-refractivity contribution >= 4 is 5.97 Å². The molecule has 1 saturated carbocycles. The Kier molecular flexibility index (Phi) is 2.03. The molecule has 14 heavy (non-hydrogen) atoms. The van der Waals surface area contributed by atoms with Crippen LogP contribution < -0.4 is 5.32 Å². The van der Waals surface area contributed by atoms with E-state index < -0.39 is 11.5 Å². The van der Waals surface area contributed by atoms with Crippen LogP contribution in [-0.4, -0.2) is 21.6 Å². The number of aromatic nitrogens is 1. The van der Waals surface area contributed by atoms with Crippen LogP contribution in [-0.2, 0) is 11.3 Å². The average Bonchev–Trinajstić information content (AvgIpc) is 2.83. The fraction of sp³-hybridized carbons (Fsp3) is 0.556. The number of carboxylic acid groups (broad SMARTS) is 1. The highest BCUT2D eigenvalue weighted by atomic mass is 16.4. The van der Waals surface area contributed by atoms with Gasteiger partial charge in [-0.2, -0.15) is 0 Å². The molecule has 0 atom stereocenters. The maximum Gasteiger partial charge on any atom is 0.323 e. The van der Waals surface area contributed by atoms with E-state index in [0.29, 0.717) is 19.4 Å². The summed E-state index contributed by atoms with van der Waals surface area (Å²) in [6, 6.07) is 0. The number of aliphatic carboxylic acids is 1. The molecular weight excluding hydrogens is 184 g/mol. The van der Waals surface area contributed by atoms with E-state index in [-0.39, 0.29) is 0 Å². The minimum Gasteiger partial charge on any atom is -0.480 e. The summed E-state index contributed by atoms with van der Waals surface area (Å²) in [7, 11) is 0. The van der Waals surface area contributed by atoms with Gasteiger partial charge in [0.15, 0.2) is 6.39 Å². The molecule has 0 amide bonds. The molecule has 76 valence electrons. The number of oxazole rings is 1. The summed E-state index contributed by atoms with van der Waals surface area (Å²) in [5.74, 6) is -0.0441. The van der Waals surface area contributed by atoms with Crippen LogP contribution in [0.5, 0.6) is 0 Å². The lowest BCUT2D eigenvalue weighted by Gasteiger charge is -2.10. The predicted molar refractivity (Wildman–Crippen MR) is 47.7 cm³/mol. The maximum atomic E-state index is 10.8. The lowest BCUT2D eigenvalue weighted by Crippen LogP contribution is -2.38. The summed E-state index contributed by atoms with van der Waals surface area (Å²) in [5, 5.41) is 11.9. The van der Waals surface area contributed by atoms with Gasteiger partial charge in [-0.15, -0.1) is 0 Å². The Balaban J connectivity index is 1.95. The minimum absolute atomic E-state index is 0.453. The monoisotopic (exact) mass is 196 g/mol. The number of aryl methyl sites for hydroxylation is 1. The van der Waals surface area contributed by atoms with Crippen LogP contribution >= 0.6 is 0 Å². The second-order valence-corrected chi connectivity index (χ2v) is 3.60. The van der Waals surface area contributed by atoms with Crippen molar-refractivity contribution < 1.29 is 14.3 Å². The van der Waals surface area contributed by atoms with Gasteiger partial charge in [0.1, 0.15) is 11.3 Å². The number of rotatable bonds is 4. The Labute approximate surface area is 81.1 Å². The zero-order chi connectivity index (χ0) is 10.2. The van der Waals surface area contributed by atoms with Gasteiger partial charge in [0.05, 0.1) is 5.69 Å². The number of nitrogens with zero attached hydrogens (tertiary/aromatic N) is 1. The van der Waals surface area contributed by atoms with Crippen LogP contribution in [0.25, 0.3) is 0 Å². The zero-order valence-corrected chi connectivity index (χ0v) is 7.91. The SMILES string of the molecule is Cc1ocnc1CNC1(C(=O)O)CC1. The molecule has 0 spiro atoms. The summed E-state index contributed by atoms with van der Waals surface area (Å²) in [5.41, 5.74) is 0.0725. The third-order valence-electron chi connectivity index (χ3n) is 2.60. The Morgan fingerprint density at radius 1 is 1.79 bits per heavy atom. The highest BCUT2D eigenvalue weighted by Crippen LogP contribution is 2.35. The van der Waals surface area contributed by atoms with Crippen molar-refractivity contribution in [2.45, 2.75) is 31.8 Å². The zero-order valence-electron chi connectivity index (χ0n) is 7.91. The molecule has 0 aliphatic heterocycles. The van der Waals surface area contributed by atoms with E-state index in [1.165, 1.54) is 6.39 Å². The molecule has 1 aliphatic rings. The molecule has 1 aromatic rings. The lowest BCUT2D eigenvalue weighted by atomic mass is 10.2. The van der Waals surface area contributed by atoms with Gasteiger partial charge < -0.3 is 9.52 Å². The molecule has 1 heterocycles. The van der Waals surface area contributed by atoms with Crippen molar-refractivity contribution in [1.82, 2.24) is 10.3 Å². The molecule has 2 N–H and O–H groups in total. The van der Waals surface area contributed by atoms with Gasteiger partial charge in [0.2, 0.25) is 0 Å². The highest BCUT2D eigenvalue weighted by Gasteiger charge is 2.49. The Bertz CT molecular complexity index is 355. The number of carboxylic acids is 1. The van der Waals surface area contributed by atoms with E-state index in [0.717, 1.165) is 11.5 Å². The van der Waals surface area contributed by atoms with Gasteiger partial charge in [0, 0.05) is 6.54 Å². The molecule has 0 unspecified atom stereocenters. The van der Waals surface area contributed by atoms with Crippen LogP contribution in [0.2, 0.25) is 0 Å². The number of nitrogens with one attached hydrogen (secondary N) is 1. The quantitative estimate of drug-likeness (QED) is 0.741. The first-order valence-corrected chi connectivity index (χ1v) is 4.51. The summed E-state index contributed by atoms with van der Waals surface area (Å²) in [6.07, 6.45) is 2.76. The van der Waals surface area contributed by atoms with E-state index in [2.05, 4.69) is 10.3 Å². The van der Waals surface area contributed by atoms with E-state index >= 15 is 0 Å². The molecule has 0 aromatic carbocycles. The molecule has 1 aromatic heterocycles. The number of hydrogen-bond acceptors (Lipinski definition) is 4. The number of hydrogen-bond donors (Lipinski definition) is 2. The average molecular weight is 196 g/mol. The first-order valence-electron chi connectivity index (χ1n) is 4.51. The fourth-order valence-corrected chi connectivity index (χ4v) is 1.34. The smallest absolute Gasteiger partial charge is 0.323 e. The second kappa shape index (κ2) is 3.09. The third kappa shape index (κ3) is 1.50. The van der Waals surface area contributed by atoms with Crippen molar-refractivity contribution in [3.8, 4) is 0 Å². The van der Waals surface area contributed by atoms with Gasteiger partial charge >= 0.3 is 5.97 Å². The Hall–Kier alpha value is -1.36. The normalized spacial score (nSPS) is 18.1. The van der Waals surface area contributed by atoms with E-state index in [1.807, 2.05) is 6.92 Å². The van der Waals surface area contributed by atoms with Gasteiger partial charge in [-0.25, -0.2) is 4.98 Å². The summed E-state index contributed by atoms with van der Waals surface area (Å²) >= 11 is 0. The summed E-state index contributed by atoms with van der Waals surface area (Å²) in [6.45, 7) is 2.26. The van der Waals surface area contributed by atoms with Gasteiger partial charge in [-0.3, -0.25) is 10.1 Å². The van der Waals surface area contributed by atoms with Crippen LogP contribution in [0.3, 0.4) is 0 Å². The van der Waals surface area contributed by atoms with E-state index in [4.69, 9.17) is 9.52 Å². The fourth-order valence-electron chi connectivity index (χ4n) is 1.34. The molecule has 0 saturated heterocycles. The maximum absolute atomic E-state index is 10.8. The lowest BCUT2D eigenvalue weighted by molar-refractivity contribution is -0.140. The van der Waals surface area contributed by atoms with E-state index in [1.54, 1.807) is 0 Å². The van der Waals surface area contributed by atoms with E-state index in [9.17, 15) is 4.79 Å². The topological polar surface area (TPSA) is 75.4 Å². The van der Waals surface area contributed by atoms with Crippen molar-refractivity contribution in [3.05, 3.63) is 17.8 Å². The van der Waals surface area contributed by atoms with Crippen molar-refractivity contribution in [3.63, 3.8) is 0 Å². The standard InChI is InChI=1S/C9H12N2O3/c1-6-7(10-5-14-6)4-11-9(2-3-9)8(12)13/h5,11H,2-4H2,1H3,(H,12,13). The van der Waals surface area contributed by atoms with Crippen LogP contribution in [0.4, 0.5) is 0 Å². The van der Waals surface area contributed by atoms with Crippen molar-refractivity contribution in [2.24, 2.45) is 0 Å². The molecule has 0 bridgehead atoms. The van der Waals surface area contributed by atoms with Crippen LogP contribution in [0.1, 0.15) is 24.3 Å². The van der Waals surface area contributed by atoms with Crippen molar-refractivity contribution in [2.75, 3.05) is 0 Å². The highest BCUT2D eigenvalue weighted by molar-refractivity contribution is 5.82. The molecule has 0 radical (unpaired) electrons. The molecule has 1 fully saturated rings. The number of carbonyl (C=O) groups is 1. The molecule has 5 heteroatoms. The largest absolute Gasteiger partial charge is 0.480 e. The Morgan fingerprint density at radius 3 is 2.93 bits per heavy atom. The summed E-state index contributed by atoms with van der Waals surface area (Å²) in [4.78, 5) is 14.8. The molecule has 1 aliphatic carbocycles. The van der Waals surface area contributed by atoms with Gasteiger partial charge in [-0.05, 0) is 19.8 Å². The molecule has 5 nitrogen and oxygen atoms in total. The van der Waals surface area contributed by atoms with Crippen LogP contribution in [0, 0.1) is 6.92 Å². The van der Waals surface area contributed by atoms with Crippen LogP contribution in [0.15, 0.2) is 10.8 Å².